The van der Waals surface area contributed by atoms with Gasteiger partial charge in [0.2, 0.25) is 0 Å². The number of benzene rings is 1. The molecule has 2 aliphatic rings. The molecule has 114 valence electrons. The minimum atomic E-state index is -0.349. The van der Waals surface area contributed by atoms with Gasteiger partial charge in [0, 0.05) is 10.5 Å². The molecule has 0 atom stereocenters. The number of rotatable bonds is 2. The second kappa shape index (κ2) is 6.26. The molecule has 0 saturated heterocycles. The lowest BCUT2D eigenvalue weighted by Gasteiger charge is -2.40. The number of carbonyl (C=O) groups is 1. The van der Waals surface area contributed by atoms with Gasteiger partial charge in [0.1, 0.15) is 12.2 Å². The molecular formula is C16H20BrNO3. The van der Waals surface area contributed by atoms with Gasteiger partial charge in [-0.3, -0.25) is 0 Å². The number of fused-ring (bicyclic) bond motifs is 1. The molecule has 0 amide bonds. The summed E-state index contributed by atoms with van der Waals surface area (Å²) in [5.74, 6) is 0.319. The molecule has 1 fully saturated rings. The maximum absolute atomic E-state index is 12.0. The second-order valence-electron chi connectivity index (χ2n) is 5.63. The smallest absolute Gasteiger partial charge is 0.341 e. The third kappa shape index (κ3) is 2.89. The van der Waals surface area contributed by atoms with Crippen LogP contribution in [0.25, 0.3) is 0 Å². The number of methoxy groups -OCH3 is 1. The molecule has 5 heteroatoms. The Labute approximate surface area is 133 Å². The summed E-state index contributed by atoms with van der Waals surface area (Å²) < 4.78 is 11.6. The second-order valence-corrected chi connectivity index (χ2v) is 6.54. The van der Waals surface area contributed by atoms with Crippen LogP contribution in [0.15, 0.2) is 16.6 Å². The number of hydrogen-bond acceptors (Lipinski definition) is 4. The van der Waals surface area contributed by atoms with Crippen molar-refractivity contribution in [3.63, 3.8) is 0 Å². The molecule has 0 N–H and O–H groups in total. The van der Waals surface area contributed by atoms with Crippen LogP contribution >= 0.6 is 15.9 Å². The van der Waals surface area contributed by atoms with E-state index in [4.69, 9.17) is 9.47 Å². The normalized spacial score (nSPS) is 18.9. The van der Waals surface area contributed by atoms with Crippen molar-refractivity contribution >= 4 is 27.6 Å². The fraction of sp³-hybridized carbons (Fsp3) is 0.562. The van der Waals surface area contributed by atoms with Gasteiger partial charge in [-0.1, -0.05) is 35.2 Å². The van der Waals surface area contributed by atoms with Gasteiger partial charge in [0.05, 0.1) is 19.3 Å². The van der Waals surface area contributed by atoms with Crippen LogP contribution in [0.3, 0.4) is 0 Å². The minimum Gasteiger partial charge on any atom is -0.489 e. The Kier molecular flexibility index (Phi) is 4.38. The van der Waals surface area contributed by atoms with E-state index < -0.39 is 0 Å². The number of anilines is 1. The van der Waals surface area contributed by atoms with Crippen molar-refractivity contribution in [3.05, 3.63) is 22.2 Å². The molecule has 21 heavy (non-hydrogen) atoms. The summed E-state index contributed by atoms with van der Waals surface area (Å²) in [4.78, 5) is 14.4. The van der Waals surface area contributed by atoms with Crippen LogP contribution in [0, 0.1) is 0 Å². The molecular weight excluding hydrogens is 334 g/mol. The number of carbonyl (C=O) groups excluding carboxylic acids is 1. The first-order chi connectivity index (χ1) is 10.2. The first-order valence-corrected chi connectivity index (χ1v) is 8.31. The van der Waals surface area contributed by atoms with Crippen LogP contribution in [-0.4, -0.2) is 32.3 Å². The lowest BCUT2D eigenvalue weighted by molar-refractivity contribution is 0.0595. The Morgan fingerprint density at radius 1 is 1.33 bits per heavy atom. The maximum atomic E-state index is 12.0. The molecule has 1 aromatic carbocycles. The number of nitrogens with zero attached hydrogens (tertiary/aromatic N) is 1. The Balaban J connectivity index is 2.00. The van der Waals surface area contributed by atoms with Gasteiger partial charge in [0.15, 0.2) is 5.75 Å². The maximum Gasteiger partial charge on any atom is 0.341 e. The Hall–Kier alpha value is -1.23. The predicted octanol–water partition coefficient (Wildman–Crippen LogP) is 3.77. The summed E-state index contributed by atoms with van der Waals surface area (Å²) in [5.41, 5.74) is 1.52. The number of hydrogen-bond donors (Lipinski definition) is 0. The quantitative estimate of drug-likeness (QED) is 0.758. The van der Waals surface area contributed by atoms with Crippen LogP contribution in [0.2, 0.25) is 0 Å². The van der Waals surface area contributed by atoms with Crippen molar-refractivity contribution in [1.82, 2.24) is 0 Å². The molecule has 0 bridgehead atoms. The fourth-order valence-electron chi connectivity index (χ4n) is 3.34. The molecule has 1 aromatic rings. The van der Waals surface area contributed by atoms with Crippen LogP contribution in [-0.2, 0) is 4.74 Å². The summed E-state index contributed by atoms with van der Waals surface area (Å²) in [5, 5.41) is 0. The van der Waals surface area contributed by atoms with E-state index in [9.17, 15) is 4.79 Å². The Morgan fingerprint density at radius 2 is 2.10 bits per heavy atom. The fourth-order valence-corrected chi connectivity index (χ4v) is 3.79. The largest absolute Gasteiger partial charge is 0.489 e. The van der Waals surface area contributed by atoms with Crippen molar-refractivity contribution < 1.29 is 14.3 Å². The standard InChI is InChI=1S/C16H20BrNO3/c1-20-16(19)13-9-11(17)10-14-15(13)21-8-7-18(14)12-5-3-2-4-6-12/h9-10,12H,2-8H2,1H3. The van der Waals surface area contributed by atoms with Gasteiger partial charge < -0.3 is 14.4 Å². The van der Waals surface area contributed by atoms with Crippen molar-refractivity contribution in [2.24, 2.45) is 0 Å². The van der Waals surface area contributed by atoms with Crippen molar-refractivity contribution in [2.75, 3.05) is 25.2 Å². The average Bonchev–Trinajstić information content (AvgIpc) is 2.53. The van der Waals surface area contributed by atoms with Gasteiger partial charge in [-0.25, -0.2) is 4.79 Å². The average molecular weight is 354 g/mol. The zero-order chi connectivity index (χ0) is 14.8. The monoisotopic (exact) mass is 353 g/mol. The van der Waals surface area contributed by atoms with Crippen molar-refractivity contribution in [2.45, 2.75) is 38.1 Å². The van der Waals surface area contributed by atoms with E-state index in [-0.39, 0.29) is 5.97 Å². The summed E-state index contributed by atoms with van der Waals surface area (Å²) in [6, 6.07) is 4.38. The predicted molar refractivity (Wildman–Crippen MR) is 85.2 cm³/mol. The Morgan fingerprint density at radius 3 is 2.81 bits per heavy atom. The van der Waals surface area contributed by atoms with Gasteiger partial charge in [0.25, 0.3) is 0 Å². The summed E-state index contributed by atoms with van der Waals surface area (Å²) in [6.07, 6.45) is 6.35. The molecule has 1 aliphatic heterocycles. The zero-order valence-electron chi connectivity index (χ0n) is 12.2. The molecule has 0 unspecified atom stereocenters. The molecule has 1 aliphatic carbocycles. The summed E-state index contributed by atoms with van der Waals surface area (Å²) in [7, 11) is 1.40. The van der Waals surface area contributed by atoms with E-state index in [1.165, 1.54) is 39.2 Å². The topological polar surface area (TPSA) is 38.8 Å². The highest BCUT2D eigenvalue weighted by Gasteiger charge is 2.30. The Bertz CT molecular complexity index is 541. The third-order valence-electron chi connectivity index (χ3n) is 4.34. The van der Waals surface area contributed by atoms with E-state index in [1.54, 1.807) is 6.07 Å². The molecule has 0 aromatic heterocycles. The minimum absolute atomic E-state index is 0.349. The molecule has 3 rings (SSSR count). The first-order valence-electron chi connectivity index (χ1n) is 7.52. The van der Waals surface area contributed by atoms with E-state index in [2.05, 4.69) is 26.9 Å². The zero-order valence-corrected chi connectivity index (χ0v) is 13.8. The SMILES string of the molecule is COC(=O)c1cc(Br)cc2c1OCCN2C1CCCCC1. The number of halogens is 1. The van der Waals surface area contributed by atoms with E-state index in [0.717, 1.165) is 16.7 Å². The van der Waals surface area contributed by atoms with Crippen LogP contribution in [0.4, 0.5) is 5.69 Å². The van der Waals surface area contributed by atoms with E-state index in [0.29, 0.717) is 24.0 Å². The highest BCUT2D eigenvalue weighted by Crippen LogP contribution is 2.41. The number of esters is 1. The molecule has 1 saturated carbocycles. The van der Waals surface area contributed by atoms with Crippen molar-refractivity contribution in [1.29, 1.82) is 0 Å². The van der Waals surface area contributed by atoms with E-state index in [1.807, 2.05) is 0 Å². The van der Waals surface area contributed by atoms with Gasteiger partial charge in [-0.05, 0) is 25.0 Å². The number of ether oxygens (including phenoxy) is 2. The van der Waals surface area contributed by atoms with Crippen LogP contribution in [0.1, 0.15) is 42.5 Å². The third-order valence-corrected chi connectivity index (χ3v) is 4.80. The first kappa shape index (κ1) is 14.7. The molecule has 4 nitrogen and oxygen atoms in total. The highest BCUT2D eigenvalue weighted by atomic mass is 79.9. The van der Waals surface area contributed by atoms with Gasteiger partial charge in [-0.2, -0.15) is 0 Å². The van der Waals surface area contributed by atoms with E-state index >= 15 is 0 Å². The van der Waals surface area contributed by atoms with Gasteiger partial charge >= 0.3 is 5.97 Å². The summed E-state index contributed by atoms with van der Waals surface area (Å²) in [6.45, 7) is 1.50. The lowest BCUT2D eigenvalue weighted by atomic mass is 9.93. The summed E-state index contributed by atoms with van der Waals surface area (Å²) >= 11 is 3.50. The van der Waals surface area contributed by atoms with Crippen molar-refractivity contribution in [3.8, 4) is 5.75 Å². The molecule has 0 radical (unpaired) electrons. The van der Waals surface area contributed by atoms with Gasteiger partial charge in [-0.15, -0.1) is 0 Å². The van der Waals surface area contributed by atoms with Crippen LogP contribution in [0.5, 0.6) is 5.75 Å². The highest BCUT2D eigenvalue weighted by molar-refractivity contribution is 9.10. The molecule has 0 spiro atoms. The van der Waals surface area contributed by atoms with Crippen LogP contribution < -0.4 is 9.64 Å². The lowest BCUT2D eigenvalue weighted by Crippen LogP contribution is -2.42. The molecule has 1 heterocycles.